The minimum atomic E-state index is 0.346. The topological polar surface area (TPSA) is 45.8 Å². The number of fused-ring (bicyclic) bond motifs is 1. The van der Waals surface area contributed by atoms with Crippen LogP contribution in [0.1, 0.15) is 25.3 Å². The molecule has 0 unspecified atom stereocenters. The van der Waals surface area contributed by atoms with Crippen molar-refractivity contribution >= 4 is 29.3 Å². The van der Waals surface area contributed by atoms with Gasteiger partial charge < -0.3 is 9.32 Å². The monoisotopic (exact) mass is 268 g/mol. The molecule has 0 N–H and O–H groups in total. The van der Waals surface area contributed by atoms with Gasteiger partial charge in [-0.2, -0.15) is 0 Å². The van der Waals surface area contributed by atoms with Crippen LogP contribution >= 0.6 is 0 Å². The highest BCUT2D eigenvalue weighted by atomic mass is 16.3. The van der Waals surface area contributed by atoms with Crippen molar-refractivity contribution in [3.8, 4) is 0 Å². The van der Waals surface area contributed by atoms with Gasteiger partial charge in [-0.25, -0.2) is 4.99 Å². The summed E-state index contributed by atoms with van der Waals surface area (Å²) in [6.07, 6.45) is 2.45. The summed E-state index contributed by atoms with van der Waals surface area (Å²) < 4.78 is 5.48. The molecule has 20 heavy (non-hydrogen) atoms. The molecule has 0 saturated carbocycles. The van der Waals surface area contributed by atoms with Crippen LogP contribution in [0.2, 0.25) is 0 Å². The standard InChI is InChI=1S/C16H16N2O2/c1-11(2)13-5-3-6-14-16(13)17-12(10-19)9-18(14)15-7-4-8-20-15/h3-8,10-11H,9H2,1-2H3. The minimum Gasteiger partial charge on any atom is -0.448 e. The molecule has 1 aromatic carbocycles. The van der Waals surface area contributed by atoms with E-state index in [0.29, 0.717) is 18.2 Å². The number of aldehydes is 1. The van der Waals surface area contributed by atoms with Crippen molar-refractivity contribution in [1.29, 1.82) is 0 Å². The molecule has 0 spiro atoms. The van der Waals surface area contributed by atoms with Gasteiger partial charge in [0.1, 0.15) is 5.71 Å². The van der Waals surface area contributed by atoms with E-state index in [-0.39, 0.29) is 0 Å². The average Bonchev–Trinajstić information content (AvgIpc) is 2.99. The summed E-state index contributed by atoms with van der Waals surface area (Å²) in [7, 11) is 0. The number of nitrogens with zero attached hydrogens (tertiary/aromatic N) is 2. The number of aliphatic imine (C=N–C) groups is 1. The van der Waals surface area contributed by atoms with E-state index in [1.54, 1.807) is 6.26 Å². The van der Waals surface area contributed by atoms with Crippen LogP contribution in [0.25, 0.3) is 0 Å². The average molecular weight is 268 g/mol. The van der Waals surface area contributed by atoms with Crippen LogP contribution < -0.4 is 4.90 Å². The third-order valence-electron chi connectivity index (χ3n) is 3.44. The van der Waals surface area contributed by atoms with Gasteiger partial charge >= 0.3 is 0 Å². The molecule has 4 nitrogen and oxygen atoms in total. The Kier molecular flexibility index (Phi) is 3.14. The first-order chi connectivity index (χ1) is 9.70. The zero-order valence-corrected chi connectivity index (χ0v) is 11.5. The number of carbonyl (C=O) groups excluding carboxylic acids is 1. The molecule has 0 aliphatic carbocycles. The maximum Gasteiger partial charge on any atom is 0.200 e. The third-order valence-corrected chi connectivity index (χ3v) is 3.44. The van der Waals surface area contributed by atoms with Crippen molar-refractivity contribution in [3.63, 3.8) is 0 Å². The van der Waals surface area contributed by atoms with E-state index in [2.05, 4.69) is 24.9 Å². The van der Waals surface area contributed by atoms with Gasteiger partial charge in [0.2, 0.25) is 0 Å². The molecular formula is C16H16N2O2. The molecule has 0 amide bonds. The van der Waals surface area contributed by atoms with Gasteiger partial charge in [0.05, 0.1) is 24.2 Å². The lowest BCUT2D eigenvalue weighted by molar-refractivity contribution is -0.102. The molecule has 0 fully saturated rings. The number of anilines is 2. The van der Waals surface area contributed by atoms with E-state index in [1.165, 1.54) is 0 Å². The van der Waals surface area contributed by atoms with Gasteiger partial charge in [0, 0.05) is 6.07 Å². The normalized spacial score (nSPS) is 14.2. The van der Waals surface area contributed by atoms with Crippen LogP contribution in [-0.4, -0.2) is 18.5 Å². The van der Waals surface area contributed by atoms with Crippen LogP contribution in [0.15, 0.2) is 46.0 Å². The summed E-state index contributed by atoms with van der Waals surface area (Å²) in [6, 6.07) is 9.81. The van der Waals surface area contributed by atoms with E-state index in [1.807, 2.05) is 29.2 Å². The lowest BCUT2D eigenvalue weighted by Crippen LogP contribution is -2.29. The molecule has 1 aliphatic heterocycles. The number of para-hydroxylation sites is 1. The minimum absolute atomic E-state index is 0.346. The highest BCUT2D eigenvalue weighted by Gasteiger charge is 2.24. The molecule has 0 bridgehead atoms. The fraction of sp³-hybridized carbons (Fsp3) is 0.250. The SMILES string of the molecule is CC(C)c1cccc2c1N=C(C=O)CN2c1ccco1. The van der Waals surface area contributed by atoms with Crippen LogP contribution in [0.4, 0.5) is 17.3 Å². The fourth-order valence-corrected chi connectivity index (χ4v) is 2.46. The molecule has 2 aromatic rings. The van der Waals surface area contributed by atoms with Crippen molar-refractivity contribution in [2.45, 2.75) is 19.8 Å². The Morgan fingerprint density at radius 1 is 1.30 bits per heavy atom. The molecule has 4 heteroatoms. The molecule has 102 valence electrons. The van der Waals surface area contributed by atoms with Gasteiger partial charge in [-0.1, -0.05) is 26.0 Å². The lowest BCUT2D eigenvalue weighted by Gasteiger charge is -2.28. The van der Waals surface area contributed by atoms with Gasteiger partial charge in [0.15, 0.2) is 12.2 Å². The Hall–Kier alpha value is -2.36. The maximum absolute atomic E-state index is 11.2. The number of furan rings is 1. The van der Waals surface area contributed by atoms with Crippen LogP contribution in [0, 0.1) is 0 Å². The van der Waals surface area contributed by atoms with Crippen molar-refractivity contribution in [2.75, 3.05) is 11.4 Å². The molecule has 1 aliphatic rings. The van der Waals surface area contributed by atoms with Gasteiger partial charge in [-0.15, -0.1) is 0 Å². The molecule has 0 atom stereocenters. The first-order valence-electron chi connectivity index (χ1n) is 6.67. The second-order valence-electron chi connectivity index (χ2n) is 5.13. The molecule has 2 heterocycles. The Bertz CT molecular complexity index is 657. The quantitative estimate of drug-likeness (QED) is 0.795. The fourth-order valence-electron chi connectivity index (χ4n) is 2.46. The molecule has 0 radical (unpaired) electrons. The Balaban J connectivity index is 2.19. The molecular weight excluding hydrogens is 252 g/mol. The van der Waals surface area contributed by atoms with Gasteiger partial charge in [0.25, 0.3) is 0 Å². The predicted molar refractivity (Wildman–Crippen MR) is 79.4 cm³/mol. The lowest BCUT2D eigenvalue weighted by atomic mass is 9.98. The van der Waals surface area contributed by atoms with Crippen molar-refractivity contribution in [3.05, 3.63) is 42.2 Å². The predicted octanol–water partition coefficient (Wildman–Crippen LogP) is 3.83. The van der Waals surface area contributed by atoms with E-state index in [4.69, 9.17) is 4.42 Å². The van der Waals surface area contributed by atoms with Crippen LogP contribution in [0.3, 0.4) is 0 Å². The first-order valence-corrected chi connectivity index (χ1v) is 6.67. The number of benzene rings is 1. The summed E-state index contributed by atoms with van der Waals surface area (Å²) >= 11 is 0. The van der Waals surface area contributed by atoms with E-state index < -0.39 is 0 Å². The largest absolute Gasteiger partial charge is 0.448 e. The molecule has 3 rings (SSSR count). The second kappa shape index (κ2) is 4.96. The third kappa shape index (κ3) is 2.03. The Morgan fingerprint density at radius 2 is 2.15 bits per heavy atom. The van der Waals surface area contributed by atoms with Crippen LogP contribution in [0.5, 0.6) is 0 Å². The van der Waals surface area contributed by atoms with Gasteiger partial charge in [-0.3, -0.25) is 4.79 Å². The highest BCUT2D eigenvalue weighted by Crippen LogP contribution is 2.41. The number of rotatable bonds is 3. The Labute approximate surface area is 117 Å². The zero-order valence-electron chi connectivity index (χ0n) is 11.5. The van der Waals surface area contributed by atoms with E-state index >= 15 is 0 Å². The number of hydrogen-bond acceptors (Lipinski definition) is 4. The summed E-state index contributed by atoms with van der Waals surface area (Å²) in [6.45, 7) is 4.68. The molecule has 1 aromatic heterocycles. The highest BCUT2D eigenvalue weighted by molar-refractivity contribution is 6.32. The number of carbonyl (C=O) groups is 1. The maximum atomic E-state index is 11.2. The number of hydrogen-bond donors (Lipinski definition) is 0. The summed E-state index contributed by atoms with van der Waals surface area (Å²) in [5.74, 6) is 1.07. The second-order valence-corrected chi connectivity index (χ2v) is 5.13. The summed E-state index contributed by atoms with van der Waals surface area (Å²) in [5, 5.41) is 0. The zero-order chi connectivity index (χ0) is 14.1. The van der Waals surface area contributed by atoms with Crippen molar-refractivity contribution in [1.82, 2.24) is 0 Å². The molecule has 0 saturated heterocycles. The van der Waals surface area contributed by atoms with Crippen molar-refractivity contribution in [2.24, 2.45) is 4.99 Å². The van der Waals surface area contributed by atoms with Crippen LogP contribution in [-0.2, 0) is 4.79 Å². The van der Waals surface area contributed by atoms with E-state index in [9.17, 15) is 4.79 Å². The summed E-state index contributed by atoms with van der Waals surface area (Å²) in [5.41, 5.74) is 3.50. The smallest absolute Gasteiger partial charge is 0.200 e. The van der Waals surface area contributed by atoms with Gasteiger partial charge in [-0.05, 0) is 23.6 Å². The van der Waals surface area contributed by atoms with Crippen molar-refractivity contribution < 1.29 is 9.21 Å². The van der Waals surface area contributed by atoms with E-state index in [0.717, 1.165) is 29.1 Å². The summed E-state index contributed by atoms with van der Waals surface area (Å²) in [4.78, 5) is 17.7. The Morgan fingerprint density at radius 3 is 2.80 bits per heavy atom. The first kappa shape index (κ1) is 12.7.